The van der Waals surface area contributed by atoms with Crippen LogP contribution in [0.2, 0.25) is 5.02 Å². The van der Waals surface area contributed by atoms with Crippen LogP contribution in [0.3, 0.4) is 0 Å². The summed E-state index contributed by atoms with van der Waals surface area (Å²) in [5.74, 6) is -0.0223. The van der Waals surface area contributed by atoms with Gasteiger partial charge in [-0.1, -0.05) is 11.6 Å². The van der Waals surface area contributed by atoms with Crippen LogP contribution in [0, 0.1) is 5.92 Å². The standard InChI is InChI=1S/C17H21ClN2O4/c1-23-15-5-4-12(18)8-14(15)20-10-11(7-16(20)21)17(22)19-9-13-3-2-6-24-13/h4-5,8,11,13H,2-3,6-7,9-10H2,1H3,(H,19,22)/t11-,13-/m1/s1. The molecule has 1 N–H and O–H groups in total. The monoisotopic (exact) mass is 352 g/mol. The average Bonchev–Trinajstić information content (AvgIpc) is 3.22. The van der Waals surface area contributed by atoms with Crippen molar-refractivity contribution in [3.63, 3.8) is 0 Å². The van der Waals surface area contributed by atoms with Crippen LogP contribution in [0.1, 0.15) is 19.3 Å². The van der Waals surface area contributed by atoms with Crippen LogP contribution in [0.15, 0.2) is 18.2 Å². The van der Waals surface area contributed by atoms with Crippen molar-refractivity contribution in [1.29, 1.82) is 0 Å². The van der Waals surface area contributed by atoms with Gasteiger partial charge < -0.3 is 19.7 Å². The first-order valence-electron chi connectivity index (χ1n) is 8.11. The quantitative estimate of drug-likeness (QED) is 0.880. The van der Waals surface area contributed by atoms with Gasteiger partial charge in [0, 0.05) is 31.1 Å². The number of nitrogens with zero attached hydrogens (tertiary/aromatic N) is 1. The number of ether oxygens (including phenoxy) is 2. The molecular formula is C17H21ClN2O4. The molecule has 24 heavy (non-hydrogen) atoms. The Morgan fingerprint density at radius 1 is 1.50 bits per heavy atom. The van der Waals surface area contributed by atoms with E-state index in [9.17, 15) is 9.59 Å². The predicted molar refractivity (Wildman–Crippen MR) is 90.4 cm³/mol. The van der Waals surface area contributed by atoms with Gasteiger partial charge in [-0.3, -0.25) is 9.59 Å². The van der Waals surface area contributed by atoms with Crippen molar-refractivity contribution in [1.82, 2.24) is 5.32 Å². The smallest absolute Gasteiger partial charge is 0.227 e. The lowest BCUT2D eigenvalue weighted by atomic mass is 10.1. The van der Waals surface area contributed by atoms with Crippen molar-refractivity contribution >= 4 is 29.1 Å². The summed E-state index contributed by atoms with van der Waals surface area (Å²) in [5.41, 5.74) is 0.601. The molecule has 130 valence electrons. The normalized spacial score (nSPS) is 23.6. The highest BCUT2D eigenvalue weighted by atomic mass is 35.5. The van der Waals surface area contributed by atoms with Crippen LogP contribution >= 0.6 is 11.6 Å². The number of amides is 2. The lowest BCUT2D eigenvalue weighted by Gasteiger charge is -2.20. The molecule has 2 saturated heterocycles. The van der Waals surface area contributed by atoms with Gasteiger partial charge in [-0.2, -0.15) is 0 Å². The second-order valence-corrected chi connectivity index (χ2v) is 6.54. The summed E-state index contributed by atoms with van der Waals surface area (Å²) in [6, 6.07) is 5.11. The molecule has 0 radical (unpaired) electrons. The number of hydrogen-bond acceptors (Lipinski definition) is 4. The first-order valence-corrected chi connectivity index (χ1v) is 8.49. The van der Waals surface area contributed by atoms with Crippen molar-refractivity contribution in [3.8, 4) is 5.75 Å². The summed E-state index contributed by atoms with van der Waals surface area (Å²) in [5, 5.41) is 3.42. The van der Waals surface area contributed by atoms with Gasteiger partial charge in [-0.25, -0.2) is 0 Å². The highest BCUT2D eigenvalue weighted by molar-refractivity contribution is 6.31. The van der Waals surface area contributed by atoms with Crippen LogP contribution in [0.4, 0.5) is 5.69 Å². The van der Waals surface area contributed by atoms with E-state index in [0.717, 1.165) is 19.4 Å². The fraction of sp³-hybridized carbons (Fsp3) is 0.529. The molecule has 0 unspecified atom stereocenters. The summed E-state index contributed by atoms with van der Waals surface area (Å²) < 4.78 is 10.8. The number of carbonyl (C=O) groups is 2. The Morgan fingerprint density at radius 3 is 3.04 bits per heavy atom. The van der Waals surface area contributed by atoms with Gasteiger partial charge in [0.1, 0.15) is 5.75 Å². The molecule has 2 heterocycles. The number of halogens is 1. The Labute approximate surface area is 146 Å². The maximum absolute atomic E-state index is 12.4. The van der Waals surface area contributed by atoms with Crippen molar-refractivity contribution < 1.29 is 19.1 Å². The molecule has 2 aliphatic rings. The topological polar surface area (TPSA) is 67.9 Å². The van der Waals surface area contributed by atoms with E-state index in [4.69, 9.17) is 21.1 Å². The summed E-state index contributed by atoms with van der Waals surface area (Å²) in [4.78, 5) is 26.3. The van der Waals surface area contributed by atoms with Crippen molar-refractivity contribution in [2.24, 2.45) is 5.92 Å². The highest BCUT2D eigenvalue weighted by Crippen LogP contribution is 2.35. The molecule has 1 aromatic carbocycles. The second kappa shape index (κ2) is 7.40. The van der Waals surface area contributed by atoms with E-state index in [1.807, 2.05) is 0 Å². The lowest BCUT2D eigenvalue weighted by Crippen LogP contribution is -2.37. The van der Waals surface area contributed by atoms with Gasteiger partial charge in [0.05, 0.1) is 24.8 Å². The van der Waals surface area contributed by atoms with Crippen molar-refractivity contribution in [2.45, 2.75) is 25.4 Å². The SMILES string of the molecule is COc1ccc(Cl)cc1N1C[C@H](C(=O)NC[C@H]2CCCO2)CC1=O. The third-order valence-electron chi connectivity index (χ3n) is 4.46. The Bertz CT molecular complexity index is 631. The summed E-state index contributed by atoms with van der Waals surface area (Å²) in [6.45, 7) is 1.59. The number of nitrogens with one attached hydrogen (secondary N) is 1. The van der Waals surface area contributed by atoms with Crippen LogP contribution in [-0.4, -0.2) is 44.7 Å². The zero-order valence-corrected chi connectivity index (χ0v) is 14.3. The van der Waals surface area contributed by atoms with Gasteiger partial charge in [0.15, 0.2) is 0 Å². The van der Waals surface area contributed by atoms with Crippen molar-refractivity contribution in [3.05, 3.63) is 23.2 Å². The second-order valence-electron chi connectivity index (χ2n) is 6.10. The van der Waals surface area contributed by atoms with Crippen LogP contribution in [0.25, 0.3) is 0 Å². The number of rotatable bonds is 5. The third-order valence-corrected chi connectivity index (χ3v) is 4.69. The van der Waals surface area contributed by atoms with Crippen LogP contribution in [-0.2, 0) is 14.3 Å². The highest BCUT2D eigenvalue weighted by Gasteiger charge is 2.36. The zero-order valence-electron chi connectivity index (χ0n) is 13.6. The molecule has 0 spiro atoms. The van der Waals surface area contributed by atoms with Gasteiger partial charge in [0.25, 0.3) is 0 Å². The minimum Gasteiger partial charge on any atom is -0.495 e. The van der Waals surface area contributed by atoms with E-state index in [1.54, 1.807) is 30.2 Å². The fourth-order valence-corrected chi connectivity index (χ4v) is 3.32. The molecule has 0 saturated carbocycles. The number of hydrogen-bond donors (Lipinski definition) is 1. The van der Waals surface area contributed by atoms with E-state index in [1.165, 1.54) is 0 Å². The number of carbonyl (C=O) groups excluding carboxylic acids is 2. The molecule has 2 amide bonds. The van der Waals surface area contributed by atoms with Gasteiger partial charge in [-0.15, -0.1) is 0 Å². The summed E-state index contributed by atoms with van der Waals surface area (Å²) in [7, 11) is 1.54. The first kappa shape index (κ1) is 17.0. The average molecular weight is 353 g/mol. The number of anilines is 1. The Balaban J connectivity index is 1.64. The first-order chi connectivity index (χ1) is 11.6. The maximum Gasteiger partial charge on any atom is 0.227 e. The largest absolute Gasteiger partial charge is 0.495 e. The molecule has 0 aliphatic carbocycles. The zero-order chi connectivity index (χ0) is 17.1. The van der Waals surface area contributed by atoms with Crippen LogP contribution in [0.5, 0.6) is 5.75 Å². The molecule has 0 aromatic heterocycles. The summed E-state index contributed by atoms with van der Waals surface area (Å²) in [6.07, 6.45) is 2.28. The lowest BCUT2D eigenvalue weighted by molar-refractivity contribution is -0.126. The van der Waals surface area contributed by atoms with Gasteiger partial charge in [0.2, 0.25) is 11.8 Å². The van der Waals surface area contributed by atoms with E-state index in [2.05, 4.69) is 5.32 Å². The van der Waals surface area contributed by atoms with E-state index < -0.39 is 0 Å². The molecule has 0 bridgehead atoms. The van der Waals surface area contributed by atoms with E-state index >= 15 is 0 Å². The maximum atomic E-state index is 12.4. The number of benzene rings is 1. The minimum absolute atomic E-state index is 0.0928. The molecule has 6 nitrogen and oxygen atoms in total. The Morgan fingerprint density at radius 2 is 2.33 bits per heavy atom. The summed E-state index contributed by atoms with van der Waals surface area (Å²) >= 11 is 6.03. The molecule has 1 aromatic rings. The van der Waals surface area contributed by atoms with Crippen LogP contribution < -0.4 is 15.0 Å². The van der Waals surface area contributed by atoms with Gasteiger partial charge >= 0.3 is 0 Å². The number of methoxy groups -OCH3 is 1. The molecule has 3 rings (SSSR count). The molecular weight excluding hydrogens is 332 g/mol. The minimum atomic E-state index is -0.373. The molecule has 2 fully saturated rings. The fourth-order valence-electron chi connectivity index (χ4n) is 3.15. The van der Waals surface area contributed by atoms with E-state index in [0.29, 0.717) is 29.5 Å². The molecule has 2 aliphatic heterocycles. The van der Waals surface area contributed by atoms with Gasteiger partial charge in [-0.05, 0) is 31.0 Å². The Hall–Kier alpha value is -1.79. The van der Waals surface area contributed by atoms with E-state index in [-0.39, 0.29) is 30.3 Å². The Kier molecular flexibility index (Phi) is 5.26. The van der Waals surface area contributed by atoms with Crippen molar-refractivity contribution in [2.75, 3.05) is 31.7 Å². The molecule has 7 heteroatoms. The predicted octanol–water partition coefficient (Wildman–Crippen LogP) is 2.00. The third kappa shape index (κ3) is 3.65. The molecule has 2 atom stereocenters.